The largest absolute Gasteiger partial charge is 0.331 e. The van der Waals surface area contributed by atoms with Crippen LogP contribution in [-0.2, 0) is 6.42 Å². The van der Waals surface area contributed by atoms with Gasteiger partial charge in [-0.05, 0) is 48.9 Å². The van der Waals surface area contributed by atoms with Gasteiger partial charge in [-0.3, -0.25) is 9.97 Å². The summed E-state index contributed by atoms with van der Waals surface area (Å²) in [5, 5.41) is 8.12. The number of nitrogens with zero attached hydrogens (tertiary/aromatic N) is 2. The summed E-state index contributed by atoms with van der Waals surface area (Å²) in [7, 11) is 0. The molecule has 2 heterocycles. The Morgan fingerprint density at radius 2 is 2.08 bits per heavy atom. The molecule has 1 aromatic carbocycles. The number of carbonyl (C=O) groups excluding carboxylic acids is 1. The molecule has 0 saturated heterocycles. The van der Waals surface area contributed by atoms with Gasteiger partial charge in [0.2, 0.25) is 0 Å². The van der Waals surface area contributed by atoms with Crippen LogP contribution in [0.3, 0.4) is 0 Å². The molecule has 5 heteroatoms. The van der Waals surface area contributed by atoms with Crippen molar-refractivity contribution in [1.82, 2.24) is 15.3 Å². The van der Waals surface area contributed by atoms with E-state index in [0.717, 1.165) is 39.7 Å². The number of fused-ring (bicyclic) bond motifs is 1. The number of pyridine rings is 2. The van der Waals surface area contributed by atoms with Crippen LogP contribution in [0.2, 0.25) is 0 Å². The van der Waals surface area contributed by atoms with Crippen molar-refractivity contribution in [2.24, 2.45) is 0 Å². The molecule has 25 heavy (non-hydrogen) atoms. The van der Waals surface area contributed by atoms with Crippen LogP contribution in [0.4, 0.5) is 10.5 Å². The minimum absolute atomic E-state index is 0.126. The molecule has 0 bridgehead atoms. The average molecular weight is 334 g/mol. The van der Waals surface area contributed by atoms with E-state index in [-0.39, 0.29) is 12.1 Å². The van der Waals surface area contributed by atoms with Crippen molar-refractivity contribution in [3.63, 3.8) is 0 Å². The molecular formula is C20H22N4O. The van der Waals surface area contributed by atoms with Crippen molar-refractivity contribution in [3.8, 4) is 0 Å². The smallest absolute Gasteiger partial charge is 0.319 e. The standard InChI is InChI=1S/C20H22N4O/c1-4-15-12-22-13(2)10-19(15)24-20(25)23-14(3)17-7-5-6-16-11-21-9-8-18(16)17/h5-12,14H,4H2,1-3H3,(H2,22,23,24,25)/t14-/m1/s1. The van der Waals surface area contributed by atoms with E-state index in [1.807, 2.05) is 63.5 Å². The maximum Gasteiger partial charge on any atom is 0.319 e. The lowest BCUT2D eigenvalue weighted by molar-refractivity contribution is 0.249. The second-order valence-electron chi connectivity index (χ2n) is 6.10. The number of hydrogen-bond donors (Lipinski definition) is 2. The zero-order valence-corrected chi connectivity index (χ0v) is 14.7. The molecule has 0 radical (unpaired) electrons. The average Bonchev–Trinajstić information content (AvgIpc) is 2.61. The van der Waals surface area contributed by atoms with Crippen LogP contribution in [-0.4, -0.2) is 16.0 Å². The molecule has 0 aliphatic carbocycles. The SMILES string of the molecule is CCc1cnc(C)cc1NC(=O)N[C@H](C)c1cccc2cnccc12. The fourth-order valence-electron chi connectivity index (χ4n) is 2.94. The Morgan fingerprint density at radius 1 is 1.24 bits per heavy atom. The third kappa shape index (κ3) is 3.76. The summed E-state index contributed by atoms with van der Waals surface area (Å²) < 4.78 is 0. The van der Waals surface area contributed by atoms with E-state index in [1.54, 1.807) is 6.20 Å². The van der Waals surface area contributed by atoms with Gasteiger partial charge >= 0.3 is 6.03 Å². The highest BCUT2D eigenvalue weighted by atomic mass is 16.2. The predicted octanol–water partition coefficient (Wildman–Crippen LogP) is 4.38. The number of benzene rings is 1. The number of amides is 2. The van der Waals surface area contributed by atoms with Crippen molar-refractivity contribution in [1.29, 1.82) is 0 Å². The van der Waals surface area contributed by atoms with Crippen LogP contribution in [0.1, 0.15) is 36.7 Å². The molecule has 0 unspecified atom stereocenters. The Kier molecular flexibility index (Phi) is 4.93. The first-order valence-electron chi connectivity index (χ1n) is 8.44. The lowest BCUT2D eigenvalue weighted by Crippen LogP contribution is -2.31. The Bertz CT molecular complexity index is 902. The summed E-state index contributed by atoms with van der Waals surface area (Å²) >= 11 is 0. The predicted molar refractivity (Wildman–Crippen MR) is 101 cm³/mol. The van der Waals surface area contributed by atoms with Crippen molar-refractivity contribution >= 4 is 22.5 Å². The summed E-state index contributed by atoms with van der Waals surface area (Å²) in [4.78, 5) is 20.9. The Labute approximate surface area is 147 Å². The summed E-state index contributed by atoms with van der Waals surface area (Å²) in [5.74, 6) is 0. The van der Waals surface area contributed by atoms with Gasteiger partial charge in [-0.25, -0.2) is 4.79 Å². The molecule has 5 nitrogen and oxygen atoms in total. The van der Waals surface area contributed by atoms with Crippen molar-refractivity contribution in [2.45, 2.75) is 33.2 Å². The molecule has 3 aromatic rings. The van der Waals surface area contributed by atoms with E-state index in [2.05, 4.69) is 20.6 Å². The fourth-order valence-corrected chi connectivity index (χ4v) is 2.94. The number of carbonyl (C=O) groups is 1. The fraction of sp³-hybridized carbons (Fsp3) is 0.250. The van der Waals surface area contributed by atoms with Gasteiger partial charge in [0.25, 0.3) is 0 Å². The van der Waals surface area contributed by atoms with Gasteiger partial charge in [-0.1, -0.05) is 25.1 Å². The third-order valence-corrected chi connectivity index (χ3v) is 4.28. The summed E-state index contributed by atoms with van der Waals surface area (Å²) in [6, 6.07) is 9.55. The van der Waals surface area contributed by atoms with Gasteiger partial charge in [0.15, 0.2) is 0 Å². The second-order valence-corrected chi connectivity index (χ2v) is 6.10. The minimum Gasteiger partial charge on any atom is -0.331 e. The zero-order chi connectivity index (χ0) is 17.8. The maximum atomic E-state index is 12.5. The quantitative estimate of drug-likeness (QED) is 0.744. The van der Waals surface area contributed by atoms with Gasteiger partial charge in [-0.2, -0.15) is 0 Å². The topological polar surface area (TPSA) is 66.9 Å². The summed E-state index contributed by atoms with van der Waals surface area (Å²) in [5.41, 5.74) is 3.77. The first kappa shape index (κ1) is 16.9. The van der Waals surface area contributed by atoms with E-state index in [1.165, 1.54) is 0 Å². The first-order valence-corrected chi connectivity index (χ1v) is 8.44. The molecule has 0 aliphatic rings. The van der Waals surface area contributed by atoms with E-state index in [9.17, 15) is 4.79 Å². The number of aryl methyl sites for hydroxylation is 2. The third-order valence-electron chi connectivity index (χ3n) is 4.28. The normalized spacial score (nSPS) is 12.0. The lowest BCUT2D eigenvalue weighted by Gasteiger charge is -2.18. The van der Waals surface area contributed by atoms with Crippen molar-refractivity contribution in [2.75, 3.05) is 5.32 Å². The lowest BCUT2D eigenvalue weighted by atomic mass is 10.0. The van der Waals surface area contributed by atoms with Gasteiger partial charge < -0.3 is 10.6 Å². The molecule has 2 aromatic heterocycles. The molecule has 0 spiro atoms. The van der Waals surface area contributed by atoms with Gasteiger partial charge in [0, 0.05) is 35.4 Å². The molecule has 1 atom stereocenters. The van der Waals surface area contributed by atoms with Crippen LogP contribution in [0.5, 0.6) is 0 Å². The molecule has 0 fully saturated rings. The second kappa shape index (κ2) is 7.30. The minimum atomic E-state index is -0.223. The monoisotopic (exact) mass is 334 g/mol. The van der Waals surface area contributed by atoms with Crippen molar-refractivity contribution in [3.05, 3.63) is 65.7 Å². The van der Waals surface area contributed by atoms with Crippen LogP contribution >= 0.6 is 0 Å². The summed E-state index contributed by atoms with van der Waals surface area (Å²) in [6.45, 7) is 5.94. The number of aromatic nitrogens is 2. The highest BCUT2D eigenvalue weighted by Crippen LogP contribution is 2.23. The van der Waals surface area contributed by atoms with Crippen LogP contribution < -0.4 is 10.6 Å². The Balaban J connectivity index is 1.78. The Morgan fingerprint density at radius 3 is 2.88 bits per heavy atom. The van der Waals surface area contributed by atoms with Gasteiger partial charge in [-0.15, -0.1) is 0 Å². The zero-order valence-electron chi connectivity index (χ0n) is 14.7. The molecule has 3 rings (SSSR count). The van der Waals surface area contributed by atoms with Gasteiger partial charge in [0.1, 0.15) is 0 Å². The highest BCUT2D eigenvalue weighted by molar-refractivity contribution is 5.91. The van der Waals surface area contributed by atoms with Crippen LogP contribution in [0, 0.1) is 6.92 Å². The maximum absolute atomic E-state index is 12.5. The molecule has 128 valence electrons. The molecular weight excluding hydrogens is 312 g/mol. The highest BCUT2D eigenvalue weighted by Gasteiger charge is 2.13. The van der Waals surface area contributed by atoms with Crippen LogP contribution in [0.25, 0.3) is 10.8 Å². The number of hydrogen-bond acceptors (Lipinski definition) is 3. The van der Waals surface area contributed by atoms with E-state index in [0.29, 0.717) is 0 Å². The Hall–Kier alpha value is -2.95. The number of nitrogens with one attached hydrogen (secondary N) is 2. The van der Waals surface area contributed by atoms with Crippen molar-refractivity contribution < 1.29 is 4.79 Å². The number of rotatable bonds is 4. The number of urea groups is 1. The molecule has 0 aliphatic heterocycles. The van der Waals surface area contributed by atoms with E-state index < -0.39 is 0 Å². The molecule has 2 N–H and O–H groups in total. The first-order chi connectivity index (χ1) is 12.1. The molecule has 0 saturated carbocycles. The number of anilines is 1. The molecule has 2 amide bonds. The van der Waals surface area contributed by atoms with E-state index >= 15 is 0 Å². The van der Waals surface area contributed by atoms with Crippen LogP contribution in [0.15, 0.2) is 48.9 Å². The van der Waals surface area contributed by atoms with Gasteiger partial charge in [0.05, 0.1) is 6.04 Å². The summed E-state index contributed by atoms with van der Waals surface area (Å²) in [6.07, 6.45) is 6.23. The van der Waals surface area contributed by atoms with E-state index in [4.69, 9.17) is 0 Å².